The summed E-state index contributed by atoms with van der Waals surface area (Å²) < 4.78 is 6.34. The molecule has 1 aromatic heterocycles. The number of anilines is 2. The molecule has 0 atom stereocenters. The van der Waals surface area contributed by atoms with E-state index in [1.165, 1.54) is 4.57 Å². The summed E-state index contributed by atoms with van der Waals surface area (Å²) in [6.07, 6.45) is 3.60. The molecule has 0 bridgehead atoms. The second kappa shape index (κ2) is 7.47. The number of nitrogen functional groups attached to an aromatic ring is 1. The first-order chi connectivity index (χ1) is 12.5. The highest BCUT2D eigenvalue weighted by Gasteiger charge is 2.24. The van der Waals surface area contributed by atoms with Crippen LogP contribution in [0.25, 0.3) is 0 Å². The molecule has 1 aliphatic carbocycles. The Kier molecular flexibility index (Phi) is 5.11. The van der Waals surface area contributed by atoms with Crippen molar-refractivity contribution in [2.75, 3.05) is 18.2 Å². The minimum absolute atomic E-state index is 0.0547. The number of methoxy groups -OCH3 is 1. The van der Waals surface area contributed by atoms with Gasteiger partial charge >= 0.3 is 5.69 Å². The van der Waals surface area contributed by atoms with E-state index in [9.17, 15) is 14.4 Å². The number of nitrogens with zero attached hydrogens (tertiary/aromatic N) is 1. The van der Waals surface area contributed by atoms with Crippen molar-refractivity contribution < 1.29 is 9.53 Å². The van der Waals surface area contributed by atoms with E-state index in [0.717, 1.165) is 31.2 Å². The highest BCUT2D eigenvalue weighted by Crippen LogP contribution is 2.26. The van der Waals surface area contributed by atoms with Gasteiger partial charge in [-0.3, -0.25) is 19.1 Å². The Hall–Kier alpha value is -3.03. The molecule has 1 fully saturated rings. The van der Waals surface area contributed by atoms with Crippen LogP contribution in [0.1, 0.15) is 31.2 Å². The third-order valence-corrected chi connectivity index (χ3v) is 4.71. The van der Waals surface area contributed by atoms with Crippen LogP contribution >= 0.6 is 0 Å². The molecule has 0 saturated heterocycles. The minimum Gasteiger partial charge on any atom is -0.497 e. The van der Waals surface area contributed by atoms with Crippen molar-refractivity contribution in [3.05, 3.63) is 50.7 Å². The molecule has 138 valence electrons. The Balaban J connectivity index is 1.89. The van der Waals surface area contributed by atoms with E-state index in [0.29, 0.717) is 5.75 Å². The predicted octanol–water partition coefficient (Wildman–Crippen LogP) is 1.30. The molecule has 1 aliphatic rings. The Bertz CT molecular complexity index is 908. The van der Waals surface area contributed by atoms with Crippen LogP contribution in [0.4, 0.5) is 11.5 Å². The number of aromatic nitrogens is 2. The zero-order valence-corrected chi connectivity index (χ0v) is 14.6. The smallest absolute Gasteiger partial charge is 0.330 e. The second-order valence-electron chi connectivity index (χ2n) is 6.42. The fourth-order valence-electron chi connectivity index (χ4n) is 3.19. The van der Waals surface area contributed by atoms with Gasteiger partial charge in [0.2, 0.25) is 5.91 Å². The molecule has 0 spiro atoms. The van der Waals surface area contributed by atoms with Crippen LogP contribution < -0.4 is 27.0 Å². The zero-order chi connectivity index (χ0) is 18.7. The molecule has 3 rings (SSSR count). The van der Waals surface area contributed by atoms with Gasteiger partial charge < -0.3 is 15.8 Å². The molecule has 1 aromatic carbocycles. The SMILES string of the molecule is COc1ccc(Cn2c(N)c(NC(=O)C3CCCC3)c(=O)[nH]c2=O)cc1. The van der Waals surface area contributed by atoms with E-state index >= 15 is 0 Å². The standard InChI is InChI=1S/C18H22N4O4/c1-26-13-8-6-11(7-9-13)10-22-15(19)14(17(24)21-18(22)25)20-16(23)12-4-2-3-5-12/h6-9,12H,2-5,10,19H2,1H3,(H,20,23)(H,21,24,25). The van der Waals surface area contributed by atoms with Gasteiger partial charge in [0.05, 0.1) is 13.7 Å². The van der Waals surface area contributed by atoms with Crippen LogP contribution in [0.5, 0.6) is 5.75 Å². The third kappa shape index (κ3) is 3.63. The maximum Gasteiger partial charge on any atom is 0.330 e. The summed E-state index contributed by atoms with van der Waals surface area (Å²) in [6, 6.07) is 7.13. The van der Waals surface area contributed by atoms with Crippen molar-refractivity contribution in [3.63, 3.8) is 0 Å². The number of carbonyl (C=O) groups excluding carboxylic acids is 1. The maximum atomic E-state index is 12.3. The van der Waals surface area contributed by atoms with Crippen LogP contribution in [0, 0.1) is 5.92 Å². The van der Waals surface area contributed by atoms with Crippen LogP contribution in [-0.4, -0.2) is 22.6 Å². The van der Waals surface area contributed by atoms with Crippen molar-refractivity contribution in [3.8, 4) is 5.75 Å². The van der Waals surface area contributed by atoms with Crippen LogP contribution in [0.2, 0.25) is 0 Å². The summed E-state index contributed by atoms with van der Waals surface area (Å²) in [7, 11) is 1.57. The highest BCUT2D eigenvalue weighted by atomic mass is 16.5. The molecule has 0 radical (unpaired) electrons. The highest BCUT2D eigenvalue weighted by molar-refractivity contribution is 5.94. The average molecular weight is 358 g/mol. The molecular formula is C18H22N4O4. The lowest BCUT2D eigenvalue weighted by molar-refractivity contribution is -0.119. The normalized spacial score (nSPS) is 14.3. The number of amides is 1. The zero-order valence-electron chi connectivity index (χ0n) is 14.6. The molecular weight excluding hydrogens is 336 g/mol. The monoisotopic (exact) mass is 358 g/mol. The Morgan fingerprint density at radius 2 is 1.92 bits per heavy atom. The minimum atomic E-state index is -0.690. The Labute approximate surface area is 150 Å². The largest absolute Gasteiger partial charge is 0.497 e. The number of rotatable bonds is 5. The van der Waals surface area contributed by atoms with Gasteiger partial charge in [0, 0.05) is 5.92 Å². The Morgan fingerprint density at radius 3 is 2.54 bits per heavy atom. The molecule has 2 aromatic rings. The quantitative estimate of drug-likeness (QED) is 0.744. The lowest BCUT2D eigenvalue weighted by Crippen LogP contribution is -2.36. The summed E-state index contributed by atoms with van der Waals surface area (Å²) in [5.74, 6) is 0.297. The molecule has 8 nitrogen and oxygen atoms in total. The molecule has 0 aliphatic heterocycles. The van der Waals surface area contributed by atoms with Gasteiger partial charge in [0.25, 0.3) is 5.56 Å². The van der Waals surface area contributed by atoms with E-state index in [1.807, 2.05) is 0 Å². The number of hydrogen-bond donors (Lipinski definition) is 3. The third-order valence-electron chi connectivity index (χ3n) is 4.71. The number of nitrogens with two attached hydrogens (primary N) is 1. The molecule has 8 heteroatoms. The van der Waals surface area contributed by atoms with Crippen LogP contribution in [0.3, 0.4) is 0 Å². The summed E-state index contributed by atoms with van der Waals surface area (Å²) in [6.45, 7) is 0.164. The van der Waals surface area contributed by atoms with E-state index in [2.05, 4.69) is 10.3 Å². The summed E-state index contributed by atoms with van der Waals surface area (Å²) >= 11 is 0. The van der Waals surface area contributed by atoms with Gasteiger partial charge in [-0.15, -0.1) is 0 Å². The molecule has 26 heavy (non-hydrogen) atoms. The fraction of sp³-hybridized carbons (Fsp3) is 0.389. The molecule has 4 N–H and O–H groups in total. The fourth-order valence-corrected chi connectivity index (χ4v) is 3.19. The van der Waals surface area contributed by atoms with Gasteiger partial charge in [0.15, 0.2) is 0 Å². The summed E-state index contributed by atoms with van der Waals surface area (Å²) in [5.41, 5.74) is 5.46. The van der Waals surface area contributed by atoms with E-state index < -0.39 is 11.2 Å². The van der Waals surface area contributed by atoms with Gasteiger partial charge in [-0.1, -0.05) is 25.0 Å². The van der Waals surface area contributed by atoms with E-state index in [-0.39, 0.29) is 29.9 Å². The van der Waals surface area contributed by atoms with Crippen molar-refractivity contribution in [2.24, 2.45) is 5.92 Å². The number of carbonyl (C=O) groups is 1. The number of hydrogen-bond acceptors (Lipinski definition) is 5. The number of aromatic amines is 1. The number of nitrogens with one attached hydrogen (secondary N) is 2. The topological polar surface area (TPSA) is 119 Å². The number of ether oxygens (including phenoxy) is 1. The first-order valence-corrected chi connectivity index (χ1v) is 8.56. The van der Waals surface area contributed by atoms with Gasteiger partial charge in [0.1, 0.15) is 17.3 Å². The van der Waals surface area contributed by atoms with Crippen molar-refractivity contribution in [2.45, 2.75) is 32.2 Å². The van der Waals surface area contributed by atoms with Gasteiger partial charge in [-0.05, 0) is 30.5 Å². The number of benzene rings is 1. The molecule has 0 unspecified atom stereocenters. The van der Waals surface area contributed by atoms with Crippen LogP contribution in [0.15, 0.2) is 33.9 Å². The molecule has 1 heterocycles. The van der Waals surface area contributed by atoms with Crippen molar-refractivity contribution in [1.82, 2.24) is 9.55 Å². The Morgan fingerprint density at radius 1 is 1.27 bits per heavy atom. The first kappa shape index (κ1) is 17.8. The first-order valence-electron chi connectivity index (χ1n) is 8.56. The van der Waals surface area contributed by atoms with E-state index in [1.54, 1.807) is 31.4 Å². The lowest BCUT2D eigenvalue weighted by Gasteiger charge is -2.15. The summed E-state index contributed by atoms with van der Waals surface area (Å²) in [4.78, 5) is 38.8. The van der Waals surface area contributed by atoms with E-state index in [4.69, 9.17) is 10.5 Å². The van der Waals surface area contributed by atoms with Gasteiger partial charge in [-0.25, -0.2) is 4.79 Å². The molecule has 1 amide bonds. The predicted molar refractivity (Wildman–Crippen MR) is 98.4 cm³/mol. The molecule has 1 saturated carbocycles. The average Bonchev–Trinajstić information content (AvgIpc) is 3.17. The van der Waals surface area contributed by atoms with Gasteiger partial charge in [-0.2, -0.15) is 0 Å². The summed E-state index contributed by atoms with van der Waals surface area (Å²) in [5, 5.41) is 2.60. The second-order valence-corrected chi connectivity index (χ2v) is 6.42. The number of H-pyrrole nitrogens is 1. The maximum absolute atomic E-state index is 12.3. The van der Waals surface area contributed by atoms with Crippen molar-refractivity contribution in [1.29, 1.82) is 0 Å². The van der Waals surface area contributed by atoms with Crippen molar-refractivity contribution >= 4 is 17.4 Å². The lowest BCUT2D eigenvalue weighted by atomic mass is 10.1. The van der Waals surface area contributed by atoms with Crippen LogP contribution in [-0.2, 0) is 11.3 Å².